The molecule has 0 saturated heterocycles. The van der Waals surface area contributed by atoms with Gasteiger partial charge in [-0.1, -0.05) is 17.4 Å². The number of carbonyl (C=O) groups excluding carboxylic acids is 2. The third-order valence-electron chi connectivity index (χ3n) is 4.87. The third-order valence-corrected chi connectivity index (χ3v) is 5.91. The summed E-state index contributed by atoms with van der Waals surface area (Å²) in [6, 6.07) is 9.12. The van der Waals surface area contributed by atoms with Crippen LogP contribution in [0.3, 0.4) is 0 Å². The van der Waals surface area contributed by atoms with Crippen molar-refractivity contribution in [3.8, 4) is 11.5 Å². The molecule has 3 aromatic heterocycles. The average Bonchev–Trinajstić information content (AvgIpc) is 3.41. The summed E-state index contributed by atoms with van der Waals surface area (Å²) in [6.07, 6.45) is 1.77. The standard InChI is InChI=1S/C21H18N4O5S/c1-3-28-18(26)10-25-13-8-14-15(30-11-29-14)9-16(13)31-21(25)23-20(27)19-12(2)22-17-6-4-5-7-24(17)19/h4-9H,3,10-11H2,1-2H3. The molecular formula is C21H18N4O5S. The Bertz CT molecular complexity index is 1410. The Hall–Kier alpha value is -3.66. The number of pyridine rings is 1. The summed E-state index contributed by atoms with van der Waals surface area (Å²) in [6.45, 7) is 3.85. The van der Waals surface area contributed by atoms with Crippen LogP contribution in [-0.2, 0) is 16.1 Å². The molecule has 0 fully saturated rings. The van der Waals surface area contributed by atoms with Gasteiger partial charge in [-0.25, -0.2) is 4.98 Å². The highest BCUT2D eigenvalue weighted by molar-refractivity contribution is 7.16. The smallest absolute Gasteiger partial charge is 0.326 e. The molecule has 0 aliphatic carbocycles. The van der Waals surface area contributed by atoms with Gasteiger partial charge in [0.1, 0.15) is 17.9 Å². The van der Waals surface area contributed by atoms with E-state index in [0.29, 0.717) is 38.9 Å². The van der Waals surface area contributed by atoms with Crippen LogP contribution in [0.15, 0.2) is 41.5 Å². The van der Waals surface area contributed by atoms with Crippen LogP contribution in [0, 0.1) is 6.92 Å². The van der Waals surface area contributed by atoms with Gasteiger partial charge in [-0.3, -0.25) is 14.0 Å². The van der Waals surface area contributed by atoms with E-state index in [1.807, 2.05) is 24.3 Å². The van der Waals surface area contributed by atoms with E-state index in [1.54, 1.807) is 35.1 Å². The molecule has 0 spiro atoms. The number of thiazole rings is 1. The number of nitrogens with zero attached hydrogens (tertiary/aromatic N) is 4. The molecule has 0 saturated carbocycles. The predicted molar refractivity (Wildman–Crippen MR) is 112 cm³/mol. The van der Waals surface area contributed by atoms with Gasteiger partial charge in [0, 0.05) is 18.3 Å². The first-order chi connectivity index (χ1) is 15.0. The van der Waals surface area contributed by atoms with Crippen LogP contribution >= 0.6 is 11.3 Å². The number of hydrogen-bond acceptors (Lipinski definition) is 7. The van der Waals surface area contributed by atoms with Gasteiger partial charge in [-0.15, -0.1) is 0 Å². The molecule has 1 aromatic carbocycles. The molecule has 0 atom stereocenters. The van der Waals surface area contributed by atoms with Crippen molar-refractivity contribution in [2.45, 2.75) is 20.4 Å². The Morgan fingerprint density at radius 2 is 2.06 bits per heavy atom. The van der Waals surface area contributed by atoms with E-state index < -0.39 is 11.9 Å². The van der Waals surface area contributed by atoms with E-state index in [0.717, 1.165) is 4.70 Å². The Morgan fingerprint density at radius 1 is 1.26 bits per heavy atom. The van der Waals surface area contributed by atoms with Crippen LogP contribution < -0.4 is 14.3 Å². The fourth-order valence-corrected chi connectivity index (χ4v) is 4.58. The number of aromatic nitrogens is 3. The van der Waals surface area contributed by atoms with Crippen molar-refractivity contribution in [2.24, 2.45) is 4.99 Å². The lowest BCUT2D eigenvalue weighted by atomic mass is 10.3. The number of imidazole rings is 1. The SMILES string of the molecule is CCOC(=O)Cn1c(=NC(=O)c2c(C)nc3ccccn23)sc2cc3c(cc21)OCO3. The van der Waals surface area contributed by atoms with Gasteiger partial charge in [-0.2, -0.15) is 4.99 Å². The molecule has 1 aliphatic rings. The summed E-state index contributed by atoms with van der Waals surface area (Å²) in [7, 11) is 0. The van der Waals surface area contributed by atoms with Crippen molar-refractivity contribution >= 4 is 39.1 Å². The third kappa shape index (κ3) is 3.34. The largest absolute Gasteiger partial charge is 0.465 e. The van der Waals surface area contributed by atoms with Crippen molar-refractivity contribution in [2.75, 3.05) is 13.4 Å². The number of amides is 1. The fourth-order valence-electron chi connectivity index (χ4n) is 3.54. The van der Waals surface area contributed by atoms with Crippen molar-refractivity contribution in [1.82, 2.24) is 14.0 Å². The van der Waals surface area contributed by atoms with Crippen molar-refractivity contribution in [1.29, 1.82) is 0 Å². The van der Waals surface area contributed by atoms with Crippen molar-refractivity contribution < 1.29 is 23.8 Å². The summed E-state index contributed by atoms with van der Waals surface area (Å²) < 4.78 is 20.2. The van der Waals surface area contributed by atoms with Gasteiger partial charge >= 0.3 is 5.97 Å². The van der Waals surface area contributed by atoms with Gasteiger partial charge in [0.15, 0.2) is 16.3 Å². The number of carbonyl (C=O) groups is 2. The Kier molecular flexibility index (Phi) is 4.70. The summed E-state index contributed by atoms with van der Waals surface area (Å²) in [4.78, 5) is 34.6. The van der Waals surface area contributed by atoms with Crippen LogP contribution in [0.1, 0.15) is 23.1 Å². The van der Waals surface area contributed by atoms with Gasteiger partial charge < -0.3 is 18.8 Å². The summed E-state index contributed by atoms with van der Waals surface area (Å²) in [5, 5.41) is 0. The number of esters is 1. The van der Waals surface area contributed by atoms with E-state index in [4.69, 9.17) is 14.2 Å². The molecule has 4 aromatic rings. The maximum atomic E-state index is 13.2. The molecule has 31 heavy (non-hydrogen) atoms. The summed E-state index contributed by atoms with van der Waals surface area (Å²) in [5.74, 6) is 0.339. The number of hydrogen-bond donors (Lipinski definition) is 0. The highest BCUT2D eigenvalue weighted by Crippen LogP contribution is 2.37. The molecular weight excluding hydrogens is 420 g/mol. The second kappa shape index (κ2) is 7.55. The lowest BCUT2D eigenvalue weighted by Gasteiger charge is -2.05. The second-order valence-corrected chi connectivity index (χ2v) is 7.85. The highest BCUT2D eigenvalue weighted by atomic mass is 32.1. The average molecular weight is 438 g/mol. The molecule has 0 bridgehead atoms. The molecule has 0 radical (unpaired) electrons. The summed E-state index contributed by atoms with van der Waals surface area (Å²) in [5.41, 5.74) is 2.34. The van der Waals surface area contributed by atoms with Crippen molar-refractivity contribution in [3.05, 3.63) is 52.7 Å². The molecule has 1 amide bonds. The predicted octanol–water partition coefficient (Wildman–Crippen LogP) is 2.69. The molecule has 5 rings (SSSR count). The van der Waals surface area contributed by atoms with Gasteiger partial charge in [0.05, 0.1) is 22.5 Å². The molecule has 10 heteroatoms. The maximum Gasteiger partial charge on any atom is 0.326 e. The van der Waals surface area contributed by atoms with Crippen LogP contribution in [0.5, 0.6) is 11.5 Å². The topological polar surface area (TPSA) is 96.4 Å². The highest BCUT2D eigenvalue weighted by Gasteiger charge is 2.21. The summed E-state index contributed by atoms with van der Waals surface area (Å²) >= 11 is 1.29. The molecule has 9 nitrogen and oxygen atoms in total. The molecule has 1 aliphatic heterocycles. The second-order valence-electron chi connectivity index (χ2n) is 6.84. The van der Waals surface area contributed by atoms with E-state index in [9.17, 15) is 9.59 Å². The zero-order chi connectivity index (χ0) is 21.5. The lowest BCUT2D eigenvalue weighted by molar-refractivity contribution is -0.143. The molecule has 0 N–H and O–H groups in total. The fraction of sp³-hybridized carbons (Fsp3) is 0.238. The molecule has 158 valence electrons. The first-order valence-electron chi connectivity index (χ1n) is 9.66. The Labute approximate surface area is 180 Å². The van der Waals surface area contributed by atoms with Gasteiger partial charge in [0.25, 0.3) is 5.91 Å². The van der Waals surface area contributed by atoms with Gasteiger partial charge in [0.2, 0.25) is 6.79 Å². The minimum absolute atomic E-state index is 0.0776. The number of rotatable bonds is 4. The first kappa shape index (κ1) is 19.3. The maximum absolute atomic E-state index is 13.2. The molecule has 4 heterocycles. The number of aryl methyl sites for hydroxylation is 1. The van der Waals surface area contributed by atoms with Crippen molar-refractivity contribution in [3.63, 3.8) is 0 Å². The van der Waals surface area contributed by atoms with Crippen LogP contribution in [-0.4, -0.2) is 39.2 Å². The van der Waals surface area contributed by atoms with Crippen LogP contribution in [0.4, 0.5) is 0 Å². The number of fused-ring (bicyclic) bond motifs is 3. The van der Waals surface area contributed by atoms with E-state index >= 15 is 0 Å². The number of benzene rings is 1. The zero-order valence-electron chi connectivity index (χ0n) is 16.8. The quantitative estimate of drug-likeness (QED) is 0.455. The number of ether oxygens (including phenoxy) is 3. The monoisotopic (exact) mass is 438 g/mol. The first-order valence-corrected chi connectivity index (χ1v) is 10.5. The van der Waals surface area contributed by atoms with Crippen LogP contribution in [0.25, 0.3) is 15.9 Å². The Balaban J connectivity index is 1.67. The van der Waals surface area contributed by atoms with E-state index in [2.05, 4.69) is 9.98 Å². The minimum Gasteiger partial charge on any atom is -0.465 e. The van der Waals surface area contributed by atoms with E-state index in [-0.39, 0.29) is 19.9 Å². The Morgan fingerprint density at radius 3 is 2.87 bits per heavy atom. The normalized spacial score (nSPS) is 13.3. The van der Waals surface area contributed by atoms with Gasteiger partial charge in [-0.05, 0) is 26.0 Å². The lowest BCUT2D eigenvalue weighted by Crippen LogP contribution is -2.23. The zero-order valence-corrected chi connectivity index (χ0v) is 17.6. The van der Waals surface area contributed by atoms with E-state index in [1.165, 1.54) is 11.3 Å². The molecule has 0 unspecified atom stereocenters. The minimum atomic E-state index is -0.444. The van der Waals surface area contributed by atoms with Crippen LogP contribution in [0.2, 0.25) is 0 Å².